The van der Waals surface area contributed by atoms with Crippen LogP contribution in [0.4, 0.5) is 20.3 Å². The van der Waals surface area contributed by atoms with Gasteiger partial charge in [-0.05, 0) is 24.3 Å². The molecule has 0 aliphatic rings. The van der Waals surface area contributed by atoms with Crippen molar-refractivity contribution in [3.63, 3.8) is 0 Å². The van der Waals surface area contributed by atoms with Gasteiger partial charge in [0.05, 0.1) is 11.1 Å². The molecule has 124 valence electrons. The lowest BCUT2D eigenvalue weighted by molar-refractivity contribution is -0.115. The lowest BCUT2D eigenvalue weighted by Gasteiger charge is -2.23. The first kappa shape index (κ1) is 16.8. The lowest BCUT2D eigenvalue weighted by atomic mass is 10.1. The molecule has 1 amide bonds. The first-order valence-electron chi connectivity index (χ1n) is 7.19. The highest BCUT2D eigenvalue weighted by Gasteiger charge is 2.27. The Morgan fingerprint density at radius 3 is 2.48 bits per heavy atom. The highest BCUT2D eigenvalue weighted by atomic mass is 35.5. The maximum Gasteiger partial charge on any atom is 0.247 e. The second kappa shape index (κ2) is 6.83. The van der Waals surface area contributed by atoms with E-state index in [-0.39, 0.29) is 11.4 Å². The van der Waals surface area contributed by atoms with E-state index in [9.17, 15) is 18.8 Å². The number of carbonyl (C=O) groups is 1. The van der Waals surface area contributed by atoms with Crippen LogP contribution in [0.3, 0.4) is 0 Å². The molecule has 0 N–H and O–H groups in total. The summed E-state index contributed by atoms with van der Waals surface area (Å²) >= 11 is 5.62. The van der Waals surface area contributed by atoms with Crippen molar-refractivity contribution in [2.24, 2.45) is 0 Å². The van der Waals surface area contributed by atoms with Gasteiger partial charge >= 0.3 is 0 Å². The second-order valence-electron chi connectivity index (χ2n) is 5.10. The predicted molar refractivity (Wildman–Crippen MR) is 90.7 cm³/mol. The van der Waals surface area contributed by atoms with Crippen LogP contribution in [0.2, 0.25) is 0 Å². The largest absolute Gasteiger partial charge is 0.273 e. The van der Waals surface area contributed by atoms with Crippen molar-refractivity contribution in [1.29, 1.82) is 5.26 Å². The number of hydrogen-bond donors (Lipinski definition) is 0. The number of hydrogen-bond acceptors (Lipinski definition) is 3. The maximum absolute atomic E-state index is 14.2. The molecule has 0 aliphatic heterocycles. The fraction of sp³-hybridized carbons (Fsp3) is 0.0556. The van der Waals surface area contributed by atoms with Crippen molar-refractivity contribution < 1.29 is 13.6 Å². The minimum absolute atomic E-state index is 0.000167. The molecule has 2 aromatic carbocycles. The number of rotatable bonds is 3. The number of nitriles is 1. The van der Waals surface area contributed by atoms with Crippen molar-refractivity contribution >= 4 is 39.9 Å². The molecule has 3 aromatic rings. The topological polar surface area (TPSA) is 57.0 Å². The van der Waals surface area contributed by atoms with E-state index in [1.165, 1.54) is 12.1 Å². The van der Waals surface area contributed by atoms with Crippen LogP contribution in [0.1, 0.15) is 5.56 Å². The van der Waals surface area contributed by atoms with Gasteiger partial charge in [-0.15, -0.1) is 11.6 Å². The Hall–Kier alpha value is -3.04. The molecule has 0 bridgehead atoms. The minimum atomic E-state index is -0.961. The fourth-order valence-electron chi connectivity index (χ4n) is 2.47. The van der Waals surface area contributed by atoms with Crippen LogP contribution in [-0.4, -0.2) is 16.8 Å². The van der Waals surface area contributed by atoms with Crippen molar-refractivity contribution in [3.05, 3.63) is 65.7 Å². The molecule has 7 heteroatoms. The number of amides is 1. The summed E-state index contributed by atoms with van der Waals surface area (Å²) in [4.78, 5) is 17.3. The van der Waals surface area contributed by atoms with Crippen LogP contribution >= 0.6 is 11.6 Å². The third-order valence-corrected chi connectivity index (χ3v) is 3.79. The molecule has 0 radical (unpaired) electrons. The first-order chi connectivity index (χ1) is 12.1. The molecule has 0 aliphatic carbocycles. The summed E-state index contributed by atoms with van der Waals surface area (Å²) in [7, 11) is 0. The Morgan fingerprint density at radius 1 is 1.16 bits per heavy atom. The molecular weight excluding hydrogens is 348 g/mol. The molecule has 0 saturated heterocycles. The summed E-state index contributed by atoms with van der Waals surface area (Å²) in [6.07, 6.45) is 0. The summed E-state index contributed by atoms with van der Waals surface area (Å²) in [5.41, 5.74) is -0.145. The summed E-state index contributed by atoms with van der Waals surface area (Å²) < 4.78 is 28.5. The Bertz CT molecular complexity index is 997. The molecule has 0 saturated carbocycles. The SMILES string of the molecule is N#Cc1cc2ccccc2nc1N(C(=O)CCl)c1c(F)cccc1F. The van der Waals surface area contributed by atoms with Crippen molar-refractivity contribution in [3.8, 4) is 6.07 Å². The van der Waals surface area contributed by atoms with E-state index >= 15 is 0 Å². The van der Waals surface area contributed by atoms with Gasteiger partial charge in [0.2, 0.25) is 5.91 Å². The van der Waals surface area contributed by atoms with Crippen molar-refractivity contribution in [1.82, 2.24) is 4.98 Å². The standard InChI is InChI=1S/C18H10ClF2N3O/c19-9-16(25)24(17-13(20)5-3-6-14(17)21)18-12(10-22)8-11-4-1-2-7-15(11)23-18/h1-8H,9H2. The van der Waals surface area contributed by atoms with E-state index in [1.807, 2.05) is 6.07 Å². The van der Waals surface area contributed by atoms with Gasteiger partial charge in [-0.3, -0.25) is 9.69 Å². The zero-order valence-electron chi connectivity index (χ0n) is 12.7. The number of nitrogens with zero attached hydrogens (tertiary/aromatic N) is 3. The molecule has 0 unspecified atom stereocenters. The zero-order valence-corrected chi connectivity index (χ0v) is 13.5. The average Bonchev–Trinajstić information content (AvgIpc) is 2.63. The third kappa shape index (κ3) is 3.02. The molecule has 3 rings (SSSR count). The van der Waals surface area contributed by atoms with Gasteiger partial charge in [-0.25, -0.2) is 13.8 Å². The maximum atomic E-state index is 14.2. The third-order valence-electron chi connectivity index (χ3n) is 3.56. The van der Waals surface area contributed by atoms with Gasteiger partial charge in [0.25, 0.3) is 0 Å². The highest BCUT2D eigenvalue weighted by Crippen LogP contribution is 2.33. The number of aromatic nitrogens is 1. The van der Waals surface area contributed by atoms with Gasteiger partial charge in [0.15, 0.2) is 5.82 Å². The first-order valence-corrected chi connectivity index (χ1v) is 7.73. The van der Waals surface area contributed by atoms with E-state index in [1.54, 1.807) is 24.3 Å². The molecular formula is C18H10ClF2N3O. The monoisotopic (exact) mass is 357 g/mol. The molecule has 0 fully saturated rings. The van der Waals surface area contributed by atoms with Gasteiger partial charge in [0, 0.05) is 5.39 Å². The number of halogens is 3. The quantitative estimate of drug-likeness (QED) is 0.657. The van der Waals surface area contributed by atoms with E-state index in [0.29, 0.717) is 15.8 Å². The van der Waals surface area contributed by atoms with Crippen LogP contribution in [0.5, 0.6) is 0 Å². The Balaban J connectivity index is 2.33. The molecule has 1 aromatic heterocycles. The average molecular weight is 358 g/mol. The number of alkyl halides is 1. The number of pyridine rings is 1. The zero-order chi connectivity index (χ0) is 18.0. The normalized spacial score (nSPS) is 10.5. The molecule has 4 nitrogen and oxygen atoms in total. The Kier molecular flexibility index (Phi) is 4.59. The van der Waals surface area contributed by atoms with Crippen LogP contribution in [0, 0.1) is 23.0 Å². The van der Waals surface area contributed by atoms with E-state index < -0.39 is 29.1 Å². The minimum Gasteiger partial charge on any atom is -0.273 e. The van der Waals surface area contributed by atoms with Gasteiger partial charge in [0.1, 0.15) is 29.3 Å². The smallest absolute Gasteiger partial charge is 0.247 e. The van der Waals surface area contributed by atoms with E-state index in [2.05, 4.69) is 4.98 Å². The summed E-state index contributed by atoms with van der Waals surface area (Å²) in [6.45, 7) is 0. The molecule has 0 spiro atoms. The number of anilines is 2. The summed E-state index contributed by atoms with van der Waals surface area (Å²) in [5, 5.41) is 10.1. The number of fused-ring (bicyclic) bond motifs is 1. The van der Waals surface area contributed by atoms with Crippen LogP contribution in [0.25, 0.3) is 10.9 Å². The Morgan fingerprint density at radius 2 is 1.84 bits per heavy atom. The number of carbonyl (C=O) groups excluding carboxylic acids is 1. The number of benzene rings is 2. The van der Waals surface area contributed by atoms with Gasteiger partial charge < -0.3 is 0 Å². The van der Waals surface area contributed by atoms with Crippen molar-refractivity contribution in [2.75, 3.05) is 10.8 Å². The van der Waals surface area contributed by atoms with E-state index in [0.717, 1.165) is 12.1 Å². The lowest BCUT2D eigenvalue weighted by Crippen LogP contribution is -2.30. The van der Waals surface area contributed by atoms with Crippen LogP contribution in [-0.2, 0) is 4.79 Å². The Labute approximate surface area is 146 Å². The number of para-hydroxylation sites is 2. The second-order valence-corrected chi connectivity index (χ2v) is 5.36. The molecule has 0 atom stereocenters. The van der Waals surface area contributed by atoms with Crippen molar-refractivity contribution in [2.45, 2.75) is 0 Å². The predicted octanol–water partition coefficient (Wildman–Crippen LogP) is 4.29. The molecule has 25 heavy (non-hydrogen) atoms. The van der Waals surface area contributed by atoms with E-state index in [4.69, 9.17) is 11.6 Å². The molecule has 1 heterocycles. The summed E-state index contributed by atoms with van der Waals surface area (Å²) in [6, 6.07) is 13.5. The highest BCUT2D eigenvalue weighted by molar-refractivity contribution is 6.30. The van der Waals surface area contributed by atoms with Gasteiger partial charge in [-0.1, -0.05) is 24.3 Å². The van der Waals surface area contributed by atoms with Crippen LogP contribution < -0.4 is 4.90 Å². The fourth-order valence-corrected chi connectivity index (χ4v) is 2.59. The van der Waals surface area contributed by atoms with Crippen LogP contribution in [0.15, 0.2) is 48.5 Å². The summed E-state index contributed by atoms with van der Waals surface area (Å²) in [5.74, 6) is -3.43. The van der Waals surface area contributed by atoms with Gasteiger partial charge in [-0.2, -0.15) is 5.26 Å².